The molecule has 20 heavy (non-hydrogen) atoms. The number of aryl methyl sites for hydroxylation is 3. The van der Waals surface area contributed by atoms with Crippen LogP contribution in [0.1, 0.15) is 42.4 Å². The molecule has 1 N–H and O–H groups in total. The van der Waals surface area contributed by atoms with Crippen LogP contribution in [0, 0.1) is 20.8 Å². The Morgan fingerprint density at radius 2 is 2.00 bits per heavy atom. The molecule has 2 rings (SSSR count). The highest BCUT2D eigenvalue weighted by Gasteiger charge is 2.17. The zero-order valence-electron chi connectivity index (χ0n) is 12.8. The van der Waals surface area contributed by atoms with Crippen LogP contribution in [0.4, 0.5) is 5.69 Å². The highest BCUT2D eigenvalue weighted by Crippen LogP contribution is 2.29. The van der Waals surface area contributed by atoms with Crippen molar-refractivity contribution in [3.8, 4) is 0 Å². The molecule has 0 bridgehead atoms. The van der Waals surface area contributed by atoms with Crippen molar-refractivity contribution in [2.24, 2.45) is 0 Å². The Labute approximate surface area is 126 Å². The van der Waals surface area contributed by atoms with Crippen molar-refractivity contribution in [3.05, 3.63) is 45.7 Å². The molecule has 1 aromatic heterocycles. The van der Waals surface area contributed by atoms with E-state index in [0.29, 0.717) is 0 Å². The molecule has 4 heteroatoms. The van der Waals surface area contributed by atoms with Gasteiger partial charge in [0.2, 0.25) is 0 Å². The largest absolute Gasteiger partial charge is 0.377 e. The maximum absolute atomic E-state index is 6.29. The van der Waals surface area contributed by atoms with Crippen molar-refractivity contribution in [2.45, 2.75) is 47.2 Å². The Morgan fingerprint density at radius 1 is 1.30 bits per heavy atom. The first kappa shape index (κ1) is 14.9. The van der Waals surface area contributed by atoms with E-state index in [-0.39, 0.29) is 6.04 Å². The predicted octanol–water partition coefficient (Wildman–Crippen LogP) is 4.65. The molecule has 0 radical (unpaired) electrons. The average Bonchev–Trinajstić information content (AvgIpc) is 2.67. The first-order chi connectivity index (χ1) is 9.43. The van der Waals surface area contributed by atoms with Gasteiger partial charge in [0.05, 0.1) is 22.4 Å². The van der Waals surface area contributed by atoms with E-state index in [9.17, 15) is 0 Å². The fourth-order valence-electron chi connectivity index (χ4n) is 2.69. The molecule has 0 aliphatic rings. The van der Waals surface area contributed by atoms with Gasteiger partial charge in [0.1, 0.15) is 0 Å². The summed E-state index contributed by atoms with van der Waals surface area (Å²) in [6.07, 6.45) is 0. The van der Waals surface area contributed by atoms with Gasteiger partial charge in [0.15, 0.2) is 0 Å². The summed E-state index contributed by atoms with van der Waals surface area (Å²) in [5.41, 5.74) is 5.68. The lowest BCUT2D eigenvalue weighted by atomic mass is 10.1. The first-order valence-corrected chi connectivity index (χ1v) is 7.38. The van der Waals surface area contributed by atoms with Gasteiger partial charge in [-0.2, -0.15) is 5.10 Å². The molecule has 0 saturated carbocycles. The van der Waals surface area contributed by atoms with E-state index in [0.717, 1.165) is 22.9 Å². The molecule has 0 spiro atoms. The molecule has 0 fully saturated rings. The molecule has 0 amide bonds. The molecule has 1 unspecified atom stereocenters. The van der Waals surface area contributed by atoms with Crippen LogP contribution in [-0.4, -0.2) is 9.78 Å². The molecule has 0 aliphatic heterocycles. The summed E-state index contributed by atoms with van der Waals surface area (Å²) in [7, 11) is 0. The SMILES string of the molecule is CCn1nc(C)c(C(C)Nc2ccc(C)cc2Cl)c1C. The maximum Gasteiger partial charge on any atom is 0.0649 e. The number of anilines is 1. The van der Waals surface area contributed by atoms with E-state index >= 15 is 0 Å². The quantitative estimate of drug-likeness (QED) is 0.888. The van der Waals surface area contributed by atoms with Gasteiger partial charge in [-0.1, -0.05) is 17.7 Å². The van der Waals surface area contributed by atoms with Gasteiger partial charge >= 0.3 is 0 Å². The monoisotopic (exact) mass is 291 g/mol. The van der Waals surface area contributed by atoms with Gasteiger partial charge in [0, 0.05) is 17.8 Å². The number of rotatable bonds is 4. The number of nitrogens with one attached hydrogen (secondary N) is 1. The zero-order valence-corrected chi connectivity index (χ0v) is 13.5. The van der Waals surface area contributed by atoms with E-state index < -0.39 is 0 Å². The lowest BCUT2D eigenvalue weighted by Crippen LogP contribution is -2.09. The van der Waals surface area contributed by atoms with Crippen molar-refractivity contribution >= 4 is 17.3 Å². The minimum absolute atomic E-state index is 0.176. The molecular formula is C16H22ClN3. The number of aromatic nitrogens is 2. The van der Waals surface area contributed by atoms with Crippen LogP contribution < -0.4 is 5.32 Å². The highest BCUT2D eigenvalue weighted by atomic mass is 35.5. The Hall–Kier alpha value is -1.48. The second-order valence-corrected chi connectivity index (χ2v) is 5.66. The van der Waals surface area contributed by atoms with Crippen LogP contribution in [0.25, 0.3) is 0 Å². The maximum atomic E-state index is 6.29. The van der Waals surface area contributed by atoms with E-state index in [4.69, 9.17) is 11.6 Å². The second-order valence-electron chi connectivity index (χ2n) is 5.25. The smallest absolute Gasteiger partial charge is 0.0649 e. The number of nitrogens with zero attached hydrogens (tertiary/aromatic N) is 2. The summed E-state index contributed by atoms with van der Waals surface area (Å²) in [6, 6.07) is 6.25. The van der Waals surface area contributed by atoms with Gasteiger partial charge in [0.25, 0.3) is 0 Å². The summed E-state index contributed by atoms with van der Waals surface area (Å²) in [5, 5.41) is 8.82. The van der Waals surface area contributed by atoms with Crippen LogP contribution >= 0.6 is 11.6 Å². The standard InChI is InChI=1S/C16H22ClN3/c1-6-20-13(5)16(12(4)19-20)11(3)18-15-8-7-10(2)9-14(15)17/h7-9,11,18H,6H2,1-5H3. The molecule has 1 atom stereocenters. The molecule has 0 saturated heterocycles. The van der Waals surface area contributed by atoms with E-state index in [1.165, 1.54) is 16.8 Å². The normalized spacial score (nSPS) is 12.5. The third-order valence-corrected chi connectivity index (χ3v) is 3.98. The Kier molecular flexibility index (Phi) is 4.39. The minimum atomic E-state index is 0.176. The van der Waals surface area contributed by atoms with E-state index in [1.54, 1.807) is 0 Å². The van der Waals surface area contributed by atoms with Crippen molar-refractivity contribution in [2.75, 3.05) is 5.32 Å². The fraction of sp³-hybridized carbons (Fsp3) is 0.438. The Balaban J connectivity index is 2.28. The summed E-state index contributed by atoms with van der Waals surface area (Å²) in [5.74, 6) is 0. The average molecular weight is 292 g/mol. The fourth-order valence-corrected chi connectivity index (χ4v) is 2.98. The second kappa shape index (κ2) is 5.88. The number of benzene rings is 1. The van der Waals surface area contributed by atoms with Gasteiger partial charge < -0.3 is 5.32 Å². The third-order valence-electron chi connectivity index (χ3n) is 3.67. The molecule has 2 aromatic rings. The number of hydrogen-bond donors (Lipinski definition) is 1. The molecular weight excluding hydrogens is 270 g/mol. The lowest BCUT2D eigenvalue weighted by molar-refractivity contribution is 0.632. The molecule has 1 aromatic carbocycles. The van der Waals surface area contributed by atoms with Gasteiger partial charge in [-0.3, -0.25) is 4.68 Å². The van der Waals surface area contributed by atoms with Crippen LogP contribution in [0.15, 0.2) is 18.2 Å². The van der Waals surface area contributed by atoms with Gasteiger partial charge in [-0.15, -0.1) is 0 Å². The Morgan fingerprint density at radius 3 is 2.55 bits per heavy atom. The van der Waals surface area contributed by atoms with Gasteiger partial charge in [-0.05, 0) is 52.3 Å². The van der Waals surface area contributed by atoms with E-state index in [2.05, 4.69) is 44.2 Å². The van der Waals surface area contributed by atoms with Crippen molar-refractivity contribution in [1.29, 1.82) is 0 Å². The number of hydrogen-bond acceptors (Lipinski definition) is 2. The van der Waals surface area contributed by atoms with Gasteiger partial charge in [-0.25, -0.2) is 0 Å². The summed E-state index contributed by atoms with van der Waals surface area (Å²) in [4.78, 5) is 0. The Bertz CT molecular complexity index is 616. The third kappa shape index (κ3) is 2.83. The number of halogens is 1. The van der Waals surface area contributed by atoms with Crippen molar-refractivity contribution < 1.29 is 0 Å². The summed E-state index contributed by atoms with van der Waals surface area (Å²) in [6.45, 7) is 11.4. The van der Waals surface area contributed by atoms with Crippen molar-refractivity contribution in [1.82, 2.24) is 9.78 Å². The minimum Gasteiger partial charge on any atom is -0.377 e. The molecule has 108 valence electrons. The topological polar surface area (TPSA) is 29.9 Å². The van der Waals surface area contributed by atoms with Crippen LogP contribution in [0.5, 0.6) is 0 Å². The predicted molar refractivity (Wildman–Crippen MR) is 85.6 cm³/mol. The lowest BCUT2D eigenvalue weighted by Gasteiger charge is -2.17. The van der Waals surface area contributed by atoms with Crippen LogP contribution in [0.3, 0.4) is 0 Å². The summed E-state index contributed by atoms with van der Waals surface area (Å²) < 4.78 is 2.04. The van der Waals surface area contributed by atoms with Crippen LogP contribution in [0.2, 0.25) is 5.02 Å². The molecule has 1 heterocycles. The highest BCUT2D eigenvalue weighted by molar-refractivity contribution is 6.33. The molecule has 3 nitrogen and oxygen atoms in total. The van der Waals surface area contributed by atoms with Crippen LogP contribution in [-0.2, 0) is 6.54 Å². The first-order valence-electron chi connectivity index (χ1n) is 7.00. The summed E-state index contributed by atoms with van der Waals surface area (Å²) >= 11 is 6.29. The zero-order chi connectivity index (χ0) is 14.9. The molecule has 0 aliphatic carbocycles. The van der Waals surface area contributed by atoms with Crippen molar-refractivity contribution in [3.63, 3.8) is 0 Å². The van der Waals surface area contributed by atoms with E-state index in [1.807, 2.05) is 23.7 Å².